The van der Waals surface area contributed by atoms with Crippen molar-refractivity contribution in [3.63, 3.8) is 0 Å². The number of hydrogen-bond acceptors (Lipinski definition) is 4. The molecule has 0 unspecified atom stereocenters. The van der Waals surface area contributed by atoms with E-state index in [1.54, 1.807) is 12.3 Å². The van der Waals surface area contributed by atoms with Crippen LogP contribution in [0.15, 0.2) is 84.0 Å². The van der Waals surface area contributed by atoms with Crippen molar-refractivity contribution in [1.82, 2.24) is 19.8 Å². The normalized spacial score (nSPS) is 14.6. The molecule has 1 N–H and O–H groups in total. The predicted octanol–water partition coefficient (Wildman–Crippen LogP) is 6.48. The first-order valence-electron chi connectivity index (χ1n) is 13.4. The van der Waals surface area contributed by atoms with Crippen LogP contribution in [0, 0.1) is 13.8 Å². The Kier molecular flexibility index (Phi) is 9.02. The second-order valence-corrected chi connectivity index (χ2v) is 11.0. The summed E-state index contributed by atoms with van der Waals surface area (Å²) in [5, 5.41) is 5.37. The lowest BCUT2D eigenvalue weighted by Crippen LogP contribution is -2.45. The van der Waals surface area contributed by atoms with Crippen molar-refractivity contribution in [3.8, 4) is 5.69 Å². The molecule has 0 radical (unpaired) electrons. The molecule has 1 aromatic heterocycles. The number of amides is 1. The molecule has 1 aliphatic rings. The van der Waals surface area contributed by atoms with Crippen LogP contribution in [0.5, 0.6) is 0 Å². The molecular formula is C32H33Cl2N5O. The maximum atomic E-state index is 12.7. The van der Waals surface area contributed by atoms with Crippen molar-refractivity contribution in [2.45, 2.75) is 26.9 Å². The number of piperazine rings is 1. The first-order valence-corrected chi connectivity index (χ1v) is 14.2. The van der Waals surface area contributed by atoms with Gasteiger partial charge >= 0.3 is 0 Å². The summed E-state index contributed by atoms with van der Waals surface area (Å²) in [5.41, 5.74) is 9.49. The van der Waals surface area contributed by atoms with Crippen molar-refractivity contribution in [3.05, 3.63) is 123 Å². The lowest BCUT2D eigenvalue weighted by molar-refractivity contribution is 0.0955. The summed E-state index contributed by atoms with van der Waals surface area (Å²) in [6.45, 7) is 10.1. The minimum atomic E-state index is -0.244. The van der Waals surface area contributed by atoms with Gasteiger partial charge in [0.1, 0.15) is 0 Å². The fourth-order valence-electron chi connectivity index (χ4n) is 5.14. The van der Waals surface area contributed by atoms with E-state index in [0.29, 0.717) is 15.6 Å². The van der Waals surface area contributed by atoms with Crippen LogP contribution < -0.4 is 5.43 Å². The third-order valence-corrected chi connectivity index (χ3v) is 7.86. The highest BCUT2D eigenvalue weighted by Gasteiger charge is 2.17. The largest absolute Gasteiger partial charge is 0.316 e. The summed E-state index contributed by atoms with van der Waals surface area (Å²) in [6, 6.07) is 25.8. The average molecular weight is 575 g/mol. The number of nitrogens with zero attached hydrogens (tertiary/aromatic N) is 4. The zero-order chi connectivity index (χ0) is 28.1. The molecular weight excluding hydrogens is 541 g/mol. The average Bonchev–Trinajstić information content (AvgIpc) is 3.23. The Hall–Kier alpha value is -3.42. The van der Waals surface area contributed by atoms with E-state index in [2.05, 4.69) is 50.7 Å². The molecule has 0 atom stereocenters. The van der Waals surface area contributed by atoms with Crippen LogP contribution in [0.3, 0.4) is 0 Å². The monoisotopic (exact) mass is 573 g/mol. The van der Waals surface area contributed by atoms with Gasteiger partial charge in [-0.15, -0.1) is 0 Å². The van der Waals surface area contributed by atoms with E-state index in [0.717, 1.165) is 61.9 Å². The van der Waals surface area contributed by atoms with Crippen LogP contribution in [0.25, 0.3) is 5.69 Å². The van der Waals surface area contributed by atoms with Crippen molar-refractivity contribution in [2.24, 2.45) is 5.10 Å². The number of aromatic nitrogens is 1. The van der Waals surface area contributed by atoms with E-state index >= 15 is 0 Å². The standard InChI is InChI=1S/C32H33Cl2N5O/c1-23-18-28(24(2)39(23)31-13-12-29(33)19-30(31)34)20-35-36-32(40)27-10-8-26(9-11-27)22-38-16-14-37(15-17-38)21-25-6-4-3-5-7-25/h3-13,18-20H,14-17,21-22H2,1-2H3,(H,36,40)/b35-20+. The Morgan fingerprint density at radius 3 is 2.10 bits per heavy atom. The quantitative estimate of drug-likeness (QED) is 0.194. The summed E-state index contributed by atoms with van der Waals surface area (Å²) in [6.07, 6.45) is 1.66. The van der Waals surface area contributed by atoms with Gasteiger partial charge in [-0.05, 0) is 61.4 Å². The highest BCUT2D eigenvalue weighted by molar-refractivity contribution is 6.35. The number of rotatable bonds is 8. The Balaban J connectivity index is 1.13. The SMILES string of the molecule is Cc1cc(/C=N/NC(=O)c2ccc(CN3CCN(Cc4ccccc4)CC3)cc2)c(C)n1-c1ccc(Cl)cc1Cl. The van der Waals surface area contributed by atoms with Crippen molar-refractivity contribution in [1.29, 1.82) is 0 Å². The Morgan fingerprint density at radius 2 is 1.48 bits per heavy atom. The van der Waals surface area contributed by atoms with E-state index < -0.39 is 0 Å². The Morgan fingerprint density at radius 1 is 0.850 bits per heavy atom. The van der Waals surface area contributed by atoms with E-state index in [1.165, 1.54) is 11.1 Å². The summed E-state index contributed by atoms with van der Waals surface area (Å²) < 4.78 is 2.05. The molecule has 0 spiro atoms. The van der Waals surface area contributed by atoms with Gasteiger partial charge in [-0.3, -0.25) is 14.6 Å². The molecule has 0 saturated carbocycles. The van der Waals surface area contributed by atoms with Crippen molar-refractivity contribution >= 4 is 35.3 Å². The molecule has 8 heteroatoms. The maximum Gasteiger partial charge on any atom is 0.271 e. The smallest absolute Gasteiger partial charge is 0.271 e. The number of halogens is 2. The zero-order valence-electron chi connectivity index (χ0n) is 22.8. The number of nitrogens with one attached hydrogen (secondary N) is 1. The van der Waals surface area contributed by atoms with E-state index in [4.69, 9.17) is 23.2 Å². The van der Waals surface area contributed by atoms with Crippen LogP contribution in [-0.4, -0.2) is 52.7 Å². The molecule has 1 saturated heterocycles. The summed E-state index contributed by atoms with van der Waals surface area (Å²) in [5.74, 6) is -0.244. The van der Waals surface area contributed by atoms with Gasteiger partial charge in [-0.1, -0.05) is 65.7 Å². The number of carbonyl (C=O) groups excluding carboxylic acids is 1. The molecule has 0 bridgehead atoms. The van der Waals surface area contributed by atoms with E-state index in [-0.39, 0.29) is 5.91 Å². The minimum Gasteiger partial charge on any atom is -0.316 e. The van der Waals surface area contributed by atoms with Crippen LogP contribution in [-0.2, 0) is 13.1 Å². The summed E-state index contributed by atoms with van der Waals surface area (Å²) in [4.78, 5) is 17.7. The third kappa shape index (κ3) is 6.83. The molecule has 1 fully saturated rings. The predicted molar refractivity (Wildman–Crippen MR) is 164 cm³/mol. The topological polar surface area (TPSA) is 52.9 Å². The highest BCUT2D eigenvalue weighted by atomic mass is 35.5. The van der Waals surface area contributed by atoms with Gasteiger partial charge < -0.3 is 4.57 Å². The molecule has 6 nitrogen and oxygen atoms in total. The van der Waals surface area contributed by atoms with E-state index in [1.807, 2.05) is 60.9 Å². The van der Waals surface area contributed by atoms with Gasteiger partial charge in [0.15, 0.2) is 0 Å². The molecule has 4 aromatic rings. The van der Waals surface area contributed by atoms with Gasteiger partial charge in [0.25, 0.3) is 5.91 Å². The first-order chi connectivity index (χ1) is 19.4. The molecule has 5 rings (SSSR count). The number of hydrazone groups is 1. The van der Waals surface area contributed by atoms with Gasteiger partial charge in [-0.25, -0.2) is 5.43 Å². The van der Waals surface area contributed by atoms with Gasteiger partial charge in [0.2, 0.25) is 0 Å². The van der Waals surface area contributed by atoms with Crippen LogP contribution in [0.1, 0.15) is 38.4 Å². The lowest BCUT2D eigenvalue weighted by atomic mass is 10.1. The van der Waals surface area contributed by atoms with Gasteiger partial charge in [-0.2, -0.15) is 5.10 Å². The van der Waals surface area contributed by atoms with Crippen LogP contribution in [0.2, 0.25) is 10.0 Å². The highest BCUT2D eigenvalue weighted by Crippen LogP contribution is 2.28. The third-order valence-electron chi connectivity index (χ3n) is 7.33. The number of benzene rings is 3. The molecule has 2 heterocycles. The lowest BCUT2D eigenvalue weighted by Gasteiger charge is -2.34. The summed E-state index contributed by atoms with van der Waals surface area (Å²) in [7, 11) is 0. The number of carbonyl (C=O) groups is 1. The molecule has 40 heavy (non-hydrogen) atoms. The fraction of sp³-hybridized carbons (Fsp3) is 0.250. The second-order valence-electron chi connectivity index (χ2n) is 10.2. The molecule has 3 aromatic carbocycles. The van der Waals surface area contributed by atoms with Gasteiger partial charge in [0, 0.05) is 66.8 Å². The van der Waals surface area contributed by atoms with Crippen LogP contribution in [0.4, 0.5) is 0 Å². The molecule has 1 aliphatic heterocycles. The second kappa shape index (κ2) is 12.8. The molecule has 206 valence electrons. The number of hydrogen-bond donors (Lipinski definition) is 1. The van der Waals surface area contributed by atoms with Crippen molar-refractivity contribution in [2.75, 3.05) is 26.2 Å². The maximum absolute atomic E-state index is 12.7. The Labute approximate surface area is 245 Å². The minimum absolute atomic E-state index is 0.244. The van der Waals surface area contributed by atoms with Crippen LogP contribution >= 0.6 is 23.2 Å². The first kappa shape index (κ1) is 28.1. The zero-order valence-corrected chi connectivity index (χ0v) is 24.3. The molecule has 0 aliphatic carbocycles. The summed E-state index contributed by atoms with van der Waals surface area (Å²) >= 11 is 12.5. The van der Waals surface area contributed by atoms with Gasteiger partial charge in [0.05, 0.1) is 16.9 Å². The van der Waals surface area contributed by atoms with E-state index in [9.17, 15) is 4.79 Å². The molecule has 1 amide bonds. The Bertz CT molecular complexity index is 1490. The number of aryl methyl sites for hydroxylation is 1. The fourth-order valence-corrected chi connectivity index (χ4v) is 5.64. The van der Waals surface area contributed by atoms with Crippen molar-refractivity contribution < 1.29 is 4.79 Å².